The lowest BCUT2D eigenvalue weighted by Crippen LogP contribution is -2.18. The van der Waals surface area contributed by atoms with Crippen LogP contribution in [-0.4, -0.2) is 13.4 Å². The van der Waals surface area contributed by atoms with Gasteiger partial charge in [0.1, 0.15) is 0 Å². The van der Waals surface area contributed by atoms with Crippen LogP contribution in [0.2, 0.25) is 0 Å². The molecule has 3 N–H and O–H groups in total. The highest BCUT2D eigenvalue weighted by Crippen LogP contribution is 2.29. The molecule has 0 fully saturated rings. The molecular weight excluding hydrogens is 286 g/mol. The Morgan fingerprint density at radius 1 is 1.10 bits per heavy atom. The monoisotopic (exact) mass is 303 g/mol. The molecule has 1 aromatic heterocycles. The summed E-state index contributed by atoms with van der Waals surface area (Å²) in [5, 5.41) is -0.126. The highest BCUT2D eigenvalue weighted by molar-refractivity contribution is 7.92. The lowest BCUT2D eigenvalue weighted by molar-refractivity contribution is 0.598. The minimum Gasteiger partial charge on any atom is -0.396 e. The van der Waals surface area contributed by atoms with Crippen LogP contribution in [0, 0.1) is 0 Å². The number of aromatic nitrogens is 1. The van der Waals surface area contributed by atoms with Gasteiger partial charge >= 0.3 is 0 Å². The third kappa shape index (κ3) is 2.71. The Balaban J connectivity index is 1.99. The molecule has 1 aliphatic rings. The third-order valence-corrected chi connectivity index (χ3v) is 5.03. The molecule has 21 heavy (non-hydrogen) atoms. The van der Waals surface area contributed by atoms with Gasteiger partial charge in [0.25, 0.3) is 10.0 Å². The predicted octanol–water partition coefficient (Wildman–Crippen LogP) is 2.34. The second-order valence-electron chi connectivity index (χ2n) is 5.15. The van der Waals surface area contributed by atoms with E-state index in [1.54, 1.807) is 12.1 Å². The van der Waals surface area contributed by atoms with Gasteiger partial charge in [0.2, 0.25) is 0 Å². The highest BCUT2D eigenvalue weighted by atomic mass is 32.2. The summed E-state index contributed by atoms with van der Waals surface area (Å²) in [6.45, 7) is 0. The van der Waals surface area contributed by atoms with Crippen LogP contribution < -0.4 is 10.5 Å². The second-order valence-corrected chi connectivity index (χ2v) is 6.75. The molecule has 0 saturated heterocycles. The van der Waals surface area contributed by atoms with Crippen molar-refractivity contribution in [2.24, 2.45) is 0 Å². The van der Waals surface area contributed by atoms with Crippen LogP contribution in [0.25, 0.3) is 0 Å². The molecule has 0 atom stereocenters. The van der Waals surface area contributed by atoms with Gasteiger partial charge in [-0.15, -0.1) is 0 Å². The number of nitrogens with two attached hydrogens (primary N) is 1. The van der Waals surface area contributed by atoms with Crippen molar-refractivity contribution in [1.82, 2.24) is 4.98 Å². The first-order chi connectivity index (χ1) is 10.1. The normalized spacial score (nSPS) is 14.5. The summed E-state index contributed by atoms with van der Waals surface area (Å²) in [7, 11) is -3.76. The highest BCUT2D eigenvalue weighted by Gasteiger charge is 2.21. The number of sulfonamides is 1. The molecule has 0 amide bonds. The van der Waals surface area contributed by atoms with Crippen molar-refractivity contribution in [2.75, 3.05) is 10.5 Å². The average Bonchev–Trinajstić information content (AvgIpc) is 2.47. The molecule has 3 rings (SSSR count). The number of pyridine rings is 1. The molecule has 1 aliphatic carbocycles. The zero-order chi connectivity index (χ0) is 14.9. The summed E-state index contributed by atoms with van der Waals surface area (Å²) in [6, 6.07) is 8.87. The molecule has 0 radical (unpaired) electrons. The van der Waals surface area contributed by atoms with E-state index in [-0.39, 0.29) is 10.7 Å². The van der Waals surface area contributed by atoms with Crippen molar-refractivity contribution in [3.8, 4) is 0 Å². The van der Waals surface area contributed by atoms with Gasteiger partial charge in [-0.1, -0.05) is 12.1 Å². The van der Waals surface area contributed by atoms with E-state index < -0.39 is 10.0 Å². The third-order valence-electron chi connectivity index (χ3n) is 3.70. The number of nitrogens with one attached hydrogen (secondary N) is 1. The molecule has 0 saturated carbocycles. The Labute approximate surface area is 124 Å². The fraction of sp³-hybridized carbons (Fsp3) is 0.267. The van der Waals surface area contributed by atoms with Crippen LogP contribution in [0.1, 0.15) is 24.0 Å². The Morgan fingerprint density at radius 2 is 1.90 bits per heavy atom. The van der Waals surface area contributed by atoms with Crippen LogP contribution in [0.15, 0.2) is 41.6 Å². The maximum atomic E-state index is 12.5. The van der Waals surface area contributed by atoms with Crippen molar-refractivity contribution >= 4 is 21.4 Å². The van der Waals surface area contributed by atoms with Crippen molar-refractivity contribution < 1.29 is 8.42 Å². The van der Waals surface area contributed by atoms with Gasteiger partial charge in [0.05, 0.1) is 11.4 Å². The van der Waals surface area contributed by atoms with Crippen LogP contribution >= 0.6 is 0 Å². The van der Waals surface area contributed by atoms with E-state index in [2.05, 4.69) is 15.8 Å². The molecule has 0 unspecified atom stereocenters. The van der Waals surface area contributed by atoms with E-state index in [9.17, 15) is 8.42 Å². The van der Waals surface area contributed by atoms with E-state index in [4.69, 9.17) is 5.73 Å². The summed E-state index contributed by atoms with van der Waals surface area (Å²) in [4.78, 5) is 3.88. The maximum Gasteiger partial charge on any atom is 0.281 e. The minimum absolute atomic E-state index is 0.126. The number of aryl methyl sites for hydroxylation is 1. The summed E-state index contributed by atoms with van der Waals surface area (Å²) >= 11 is 0. The lowest BCUT2D eigenvalue weighted by Gasteiger charge is -2.20. The molecule has 6 heteroatoms. The largest absolute Gasteiger partial charge is 0.396 e. The van der Waals surface area contributed by atoms with Gasteiger partial charge in [0, 0.05) is 6.20 Å². The van der Waals surface area contributed by atoms with Crippen molar-refractivity contribution in [2.45, 2.75) is 30.7 Å². The first-order valence-corrected chi connectivity index (χ1v) is 8.40. The Morgan fingerprint density at radius 3 is 2.71 bits per heavy atom. The van der Waals surface area contributed by atoms with E-state index in [1.807, 2.05) is 6.07 Å². The predicted molar refractivity (Wildman–Crippen MR) is 82.5 cm³/mol. The maximum absolute atomic E-state index is 12.5. The topological polar surface area (TPSA) is 85.1 Å². The number of benzene rings is 1. The first kappa shape index (κ1) is 13.9. The van der Waals surface area contributed by atoms with Crippen LogP contribution in [0.5, 0.6) is 0 Å². The zero-order valence-electron chi connectivity index (χ0n) is 11.5. The Kier molecular flexibility index (Phi) is 3.55. The van der Waals surface area contributed by atoms with Crippen LogP contribution in [0.4, 0.5) is 11.4 Å². The van der Waals surface area contributed by atoms with E-state index in [1.165, 1.54) is 17.8 Å². The summed E-state index contributed by atoms with van der Waals surface area (Å²) in [5.41, 5.74) is 8.80. The minimum atomic E-state index is -3.76. The standard InChI is InChI=1S/C15H17N3O2S/c16-13-8-4-10-17-15(13)21(19,20)18-14-9-3-6-11-5-1-2-7-12(11)14/h3-4,6,8-10,18H,1-2,5,7,16H2. The number of hydrogen-bond acceptors (Lipinski definition) is 4. The number of fused-ring (bicyclic) bond motifs is 1. The van der Waals surface area contributed by atoms with E-state index in [0.29, 0.717) is 5.69 Å². The van der Waals surface area contributed by atoms with Gasteiger partial charge in [-0.3, -0.25) is 4.72 Å². The smallest absolute Gasteiger partial charge is 0.281 e. The average molecular weight is 303 g/mol. The Hall–Kier alpha value is -2.08. The van der Waals surface area contributed by atoms with Gasteiger partial charge in [-0.25, -0.2) is 4.98 Å². The summed E-state index contributed by atoms with van der Waals surface area (Å²) in [6.07, 6.45) is 5.54. The molecular formula is C15H17N3O2S. The molecule has 1 aromatic carbocycles. The summed E-state index contributed by atoms with van der Waals surface area (Å²) < 4.78 is 27.5. The van der Waals surface area contributed by atoms with Crippen LogP contribution in [0.3, 0.4) is 0 Å². The van der Waals surface area contributed by atoms with E-state index >= 15 is 0 Å². The second kappa shape index (κ2) is 5.37. The van der Waals surface area contributed by atoms with E-state index in [0.717, 1.165) is 31.2 Å². The number of nitrogens with zero attached hydrogens (tertiary/aromatic N) is 1. The quantitative estimate of drug-likeness (QED) is 0.911. The molecule has 110 valence electrons. The van der Waals surface area contributed by atoms with Crippen molar-refractivity contribution in [1.29, 1.82) is 0 Å². The molecule has 0 spiro atoms. The van der Waals surface area contributed by atoms with Gasteiger partial charge in [-0.2, -0.15) is 8.42 Å². The lowest BCUT2D eigenvalue weighted by atomic mass is 9.91. The van der Waals surface area contributed by atoms with Gasteiger partial charge in [0.15, 0.2) is 5.03 Å². The summed E-state index contributed by atoms with van der Waals surface area (Å²) in [5.74, 6) is 0. The first-order valence-electron chi connectivity index (χ1n) is 6.92. The molecule has 0 bridgehead atoms. The number of nitrogen functional groups attached to an aromatic ring is 1. The molecule has 0 aliphatic heterocycles. The number of hydrogen-bond donors (Lipinski definition) is 2. The fourth-order valence-electron chi connectivity index (χ4n) is 2.70. The fourth-order valence-corrected chi connectivity index (χ4v) is 3.85. The van der Waals surface area contributed by atoms with Crippen molar-refractivity contribution in [3.05, 3.63) is 47.7 Å². The molecule has 1 heterocycles. The molecule has 2 aromatic rings. The van der Waals surface area contributed by atoms with Gasteiger partial charge in [-0.05, 0) is 55.0 Å². The SMILES string of the molecule is Nc1cccnc1S(=O)(=O)Nc1cccc2c1CCCC2. The number of anilines is 2. The van der Waals surface area contributed by atoms with Crippen LogP contribution in [-0.2, 0) is 22.9 Å². The number of rotatable bonds is 3. The van der Waals surface area contributed by atoms with Crippen molar-refractivity contribution in [3.63, 3.8) is 0 Å². The van der Waals surface area contributed by atoms with Gasteiger partial charge < -0.3 is 5.73 Å². The Bertz CT molecular complexity index is 772. The molecule has 5 nitrogen and oxygen atoms in total. The zero-order valence-corrected chi connectivity index (χ0v) is 12.4.